The van der Waals surface area contributed by atoms with Gasteiger partial charge >= 0.3 is 5.92 Å². The number of benzene rings is 2. The van der Waals surface area contributed by atoms with Gasteiger partial charge in [0.2, 0.25) is 5.78 Å². The number of ketones is 1. The molecule has 4 heteroatoms. The summed E-state index contributed by atoms with van der Waals surface area (Å²) >= 11 is 0. The first-order valence-corrected chi connectivity index (χ1v) is 6.65. The smallest absolute Gasteiger partial charge is 0.328 e. The van der Waals surface area contributed by atoms with Crippen molar-refractivity contribution in [2.45, 2.75) is 19.0 Å². The van der Waals surface area contributed by atoms with Gasteiger partial charge < -0.3 is 4.74 Å². The molecule has 0 saturated heterocycles. The number of alkyl halides is 2. The van der Waals surface area contributed by atoms with Crippen molar-refractivity contribution in [3.63, 3.8) is 0 Å². The summed E-state index contributed by atoms with van der Waals surface area (Å²) in [5.74, 6) is -4.59. The molecule has 0 spiro atoms. The number of Topliss-reactive ketones (excluding diaryl/α,β-unsaturated/α-hetero) is 1. The Hall–Kier alpha value is -2.07. The summed E-state index contributed by atoms with van der Waals surface area (Å²) in [4.78, 5) is 11.6. The van der Waals surface area contributed by atoms with Gasteiger partial charge in [0, 0.05) is 6.42 Å². The number of hydrogen-bond acceptors (Lipinski definition) is 2. The molecule has 0 aliphatic rings. The number of halogens is 2. The lowest BCUT2D eigenvalue weighted by atomic mass is 10.1. The van der Waals surface area contributed by atoms with Crippen LogP contribution in [0.3, 0.4) is 0 Å². The van der Waals surface area contributed by atoms with Gasteiger partial charge in [-0.15, -0.1) is 0 Å². The first-order valence-electron chi connectivity index (χ1n) is 6.65. The van der Waals surface area contributed by atoms with E-state index < -0.39 is 18.3 Å². The maximum Gasteiger partial charge on any atom is 0.328 e. The van der Waals surface area contributed by atoms with Gasteiger partial charge in [-0.3, -0.25) is 4.79 Å². The Kier molecular flexibility index (Phi) is 5.17. The first-order chi connectivity index (χ1) is 10.1. The minimum absolute atomic E-state index is 0.0645. The topological polar surface area (TPSA) is 26.3 Å². The van der Waals surface area contributed by atoms with Crippen LogP contribution in [0.15, 0.2) is 60.7 Å². The molecule has 0 unspecified atom stereocenters. The van der Waals surface area contributed by atoms with E-state index in [9.17, 15) is 13.6 Å². The van der Waals surface area contributed by atoms with Crippen LogP contribution in [0, 0.1) is 0 Å². The first kappa shape index (κ1) is 15.3. The SMILES string of the molecule is O=C(Cc1ccccc1)C(F)(F)COCc1ccccc1. The molecule has 0 heterocycles. The molecule has 0 aliphatic carbocycles. The molecule has 0 N–H and O–H groups in total. The molecule has 21 heavy (non-hydrogen) atoms. The fourth-order valence-electron chi connectivity index (χ4n) is 1.86. The van der Waals surface area contributed by atoms with Gasteiger partial charge in [0.1, 0.15) is 6.61 Å². The average Bonchev–Trinajstić information content (AvgIpc) is 2.49. The van der Waals surface area contributed by atoms with Crippen molar-refractivity contribution in [3.05, 3.63) is 71.8 Å². The number of carbonyl (C=O) groups is 1. The minimum Gasteiger partial charge on any atom is -0.370 e. The Morgan fingerprint density at radius 1 is 0.905 bits per heavy atom. The normalized spacial score (nSPS) is 11.3. The van der Waals surface area contributed by atoms with Crippen molar-refractivity contribution >= 4 is 5.78 Å². The quantitative estimate of drug-likeness (QED) is 0.778. The second-order valence-corrected chi connectivity index (χ2v) is 4.77. The van der Waals surface area contributed by atoms with E-state index in [4.69, 9.17) is 4.74 Å². The van der Waals surface area contributed by atoms with Crippen molar-refractivity contribution < 1.29 is 18.3 Å². The highest BCUT2D eigenvalue weighted by molar-refractivity contribution is 5.87. The lowest BCUT2D eigenvalue weighted by molar-refractivity contribution is -0.152. The van der Waals surface area contributed by atoms with Crippen molar-refractivity contribution in [1.29, 1.82) is 0 Å². The van der Waals surface area contributed by atoms with Crippen LogP contribution in [0.5, 0.6) is 0 Å². The predicted molar refractivity (Wildman–Crippen MR) is 76.2 cm³/mol. The van der Waals surface area contributed by atoms with E-state index in [-0.39, 0.29) is 13.0 Å². The highest BCUT2D eigenvalue weighted by Gasteiger charge is 2.38. The number of hydrogen-bond donors (Lipinski definition) is 0. The van der Waals surface area contributed by atoms with Gasteiger partial charge in [-0.1, -0.05) is 60.7 Å². The third-order valence-electron chi connectivity index (χ3n) is 3.01. The highest BCUT2D eigenvalue weighted by Crippen LogP contribution is 2.19. The zero-order valence-corrected chi connectivity index (χ0v) is 11.5. The largest absolute Gasteiger partial charge is 0.370 e. The molecular formula is C17H16F2O2. The summed E-state index contributed by atoms with van der Waals surface area (Å²) in [7, 11) is 0. The Morgan fingerprint density at radius 3 is 2.00 bits per heavy atom. The van der Waals surface area contributed by atoms with Crippen molar-refractivity contribution in [2.75, 3.05) is 6.61 Å². The lowest BCUT2D eigenvalue weighted by Crippen LogP contribution is -2.35. The van der Waals surface area contributed by atoms with Crippen LogP contribution in [0.25, 0.3) is 0 Å². The van der Waals surface area contributed by atoms with Crippen LogP contribution in [0.1, 0.15) is 11.1 Å². The van der Waals surface area contributed by atoms with Gasteiger partial charge in [-0.05, 0) is 11.1 Å². The van der Waals surface area contributed by atoms with Crippen LogP contribution in [0.4, 0.5) is 8.78 Å². The maximum atomic E-state index is 13.7. The average molecular weight is 290 g/mol. The van der Waals surface area contributed by atoms with E-state index in [1.807, 2.05) is 6.07 Å². The van der Waals surface area contributed by atoms with Crippen LogP contribution < -0.4 is 0 Å². The molecule has 0 saturated carbocycles. The summed E-state index contributed by atoms with van der Waals surface area (Å²) in [6.07, 6.45) is -0.289. The second-order valence-electron chi connectivity index (χ2n) is 4.77. The molecular weight excluding hydrogens is 274 g/mol. The molecule has 0 amide bonds. The molecule has 0 aromatic heterocycles. The van der Waals surface area contributed by atoms with Crippen molar-refractivity contribution in [2.24, 2.45) is 0 Å². The summed E-state index contributed by atoms with van der Waals surface area (Å²) in [5, 5.41) is 0. The predicted octanol–water partition coefficient (Wildman–Crippen LogP) is 3.65. The van der Waals surface area contributed by atoms with Crippen LogP contribution in [-0.2, 0) is 22.6 Å². The Labute approximate surface area is 122 Å². The number of ether oxygens (including phenoxy) is 1. The van der Waals surface area contributed by atoms with Crippen LogP contribution in [-0.4, -0.2) is 18.3 Å². The summed E-state index contributed by atoms with van der Waals surface area (Å²) < 4.78 is 32.4. The van der Waals surface area contributed by atoms with Gasteiger partial charge in [-0.2, -0.15) is 8.78 Å². The molecule has 0 bridgehead atoms. The molecule has 2 aromatic rings. The third-order valence-corrected chi connectivity index (χ3v) is 3.01. The molecule has 0 radical (unpaired) electrons. The van der Waals surface area contributed by atoms with E-state index >= 15 is 0 Å². The highest BCUT2D eigenvalue weighted by atomic mass is 19.3. The standard InChI is InChI=1S/C17H16F2O2/c18-17(19,13-21-12-15-9-5-2-6-10-15)16(20)11-14-7-3-1-4-8-14/h1-10H,11-13H2. The molecule has 0 aliphatic heterocycles. The van der Waals surface area contributed by atoms with Gasteiger partial charge in [0.05, 0.1) is 6.61 Å². The van der Waals surface area contributed by atoms with Crippen LogP contribution in [0.2, 0.25) is 0 Å². The molecule has 2 rings (SSSR count). The van der Waals surface area contributed by atoms with E-state index in [0.29, 0.717) is 5.56 Å². The fraction of sp³-hybridized carbons (Fsp3) is 0.235. The molecule has 2 aromatic carbocycles. The monoisotopic (exact) mass is 290 g/mol. The summed E-state index contributed by atoms with van der Waals surface area (Å²) in [5.41, 5.74) is 1.37. The van der Waals surface area contributed by atoms with Crippen molar-refractivity contribution in [3.8, 4) is 0 Å². The third kappa shape index (κ3) is 4.76. The number of carbonyl (C=O) groups excluding carboxylic acids is 1. The lowest BCUT2D eigenvalue weighted by Gasteiger charge is -2.15. The molecule has 0 atom stereocenters. The zero-order chi connectivity index (χ0) is 15.1. The maximum absolute atomic E-state index is 13.7. The second kappa shape index (κ2) is 7.09. The van der Waals surface area contributed by atoms with Crippen LogP contribution >= 0.6 is 0 Å². The Bertz CT molecular complexity index is 568. The van der Waals surface area contributed by atoms with E-state index in [1.54, 1.807) is 54.6 Å². The van der Waals surface area contributed by atoms with Gasteiger partial charge in [0.15, 0.2) is 0 Å². The van der Waals surface area contributed by atoms with E-state index in [1.165, 1.54) is 0 Å². The van der Waals surface area contributed by atoms with E-state index in [2.05, 4.69) is 0 Å². The Balaban J connectivity index is 1.84. The van der Waals surface area contributed by atoms with Gasteiger partial charge in [-0.25, -0.2) is 0 Å². The van der Waals surface area contributed by atoms with Gasteiger partial charge in [0.25, 0.3) is 0 Å². The van der Waals surface area contributed by atoms with Crippen molar-refractivity contribution in [1.82, 2.24) is 0 Å². The molecule has 110 valence electrons. The van der Waals surface area contributed by atoms with E-state index in [0.717, 1.165) is 5.56 Å². The fourth-order valence-corrected chi connectivity index (χ4v) is 1.86. The summed E-state index contributed by atoms with van der Waals surface area (Å²) in [6, 6.07) is 17.5. The molecule has 2 nitrogen and oxygen atoms in total. The summed E-state index contributed by atoms with van der Waals surface area (Å²) in [6.45, 7) is -0.831. The molecule has 0 fully saturated rings. The Morgan fingerprint density at radius 2 is 1.43 bits per heavy atom. The minimum atomic E-state index is -3.47. The number of rotatable bonds is 7. The zero-order valence-electron chi connectivity index (χ0n) is 11.5.